The first-order valence-corrected chi connectivity index (χ1v) is 6.34. The molecule has 21 heavy (non-hydrogen) atoms. The first-order valence-electron chi connectivity index (χ1n) is 6.34. The van der Waals surface area contributed by atoms with E-state index >= 15 is 0 Å². The summed E-state index contributed by atoms with van der Waals surface area (Å²) < 4.78 is 33.3. The molecule has 110 valence electrons. The number of nitrogens with zero attached hydrogens (tertiary/aromatic N) is 1. The zero-order chi connectivity index (χ0) is 15.3. The predicted molar refractivity (Wildman–Crippen MR) is 69.8 cm³/mol. The number of aryl methyl sites for hydroxylation is 1. The predicted octanol–water partition coefficient (Wildman–Crippen LogP) is 2.98. The van der Waals surface area contributed by atoms with Crippen LogP contribution in [-0.2, 0) is 0 Å². The van der Waals surface area contributed by atoms with Gasteiger partial charge < -0.3 is 14.4 Å². The van der Waals surface area contributed by atoms with Gasteiger partial charge in [0.1, 0.15) is 0 Å². The van der Waals surface area contributed by atoms with E-state index in [1.165, 1.54) is 13.1 Å². The van der Waals surface area contributed by atoms with Crippen molar-refractivity contribution in [1.29, 1.82) is 0 Å². The summed E-state index contributed by atoms with van der Waals surface area (Å²) in [5, 5.41) is 8.62. The minimum absolute atomic E-state index is 0.0357. The summed E-state index contributed by atoms with van der Waals surface area (Å²) in [7, 11) is 0. The Morgan fingerprint density at radius 2 is 2.10 bits per heavy atom. The molecule has 0 aliphatic heterocycles. The van der Waals surface area contributed by atoms with Gasteiger partial charge in [-0.25, -0.2) is 13.6 Å². The van der Waals surface area contributed by atoms with E-state index in [0.717, 1.165) is 18.9 Å². The highest BCUT2D eigenvalue weighted by Crippen LogP contribution is 2.38. The van der Waals surface area contributed by atoms with Crippen LogP contribution in [0.2, 0.25) is 0 Å². The van der Waals surface area contributed by atoms with Gasteiger partial charge in [-0.05, 0) is 19.8 Å². The molecule has 0 saturated heterocycles. The third-order valence-electron chi connectivity index (χ3n) is 3.56. The Kier molecular flexibility index (Phi) is 2.93. The Hall–Kier alpha value is -2.44. The van der Waals surface area contributed by atoms with Crippen molar-refractivity contribution < 1.29 is 23.4 Å². The molecule has 1 aromatic carbocycles. The quantitative estimate of drug-likeness (QED) is 0.865. The Balaban J connectivity index is 2.41. The van der Waals surface area contributed by atoms with E-state index in [1.54, 1.807) is 4.57 Å². The van der Waals surface area contributed by atoms with Crippen molar-refractivity contribution in [2.24, 2.45) is 0 Å². The summed E-state index contributed by atoms with van der Waals surface area (Å²) in [6, 6.07) is 0.996. The Morgan fingerprint density at radius 1 is 1.43 bits per heavy atom. The lowest BCUT2D eigenvalue weighted by molar-refractivity contribution is 0.143. The number of fused-ring (bicyclic) bond motifs is 1. The van der Waals surface area contributed by atoms with Crippen molar-refractivity contribution in [2.45, 2.75) is 25.8 Å². The molecule has 1 saturated carbocycles. The van der Waals surface area contributed by atoms with Crippen LogP contribution in [0.3, 0.4) is 0 Å². The number of halogens is 2. The fourth-order valence-electron chi connectivity index (χ4n) is 2.43. The maximum atomic E-state index is 13.7. The first-order chi connectivity index (χ1) is 9.90. The third kappa shape index (κ3) is 2.14. The Morgan fingerprint density at radius 3 is 2.67 bits per heavy atom. The zero-order valence-electron chi connectivity index (χ0n) is 11.0. The second-order valence-corrected chi connectivity index (χ2v) is 5.02. The van der Waals surface area contributed by atoms with E-state index in [2.05, 4.69) is 4.74 Å². The van der Waals surface area contributed by atoms with E-state index in [0.29, 0.717) is 0 Å². The molecule has 1 fully saturated rings. The molecule has 3 rings (SSSR count). The van der Waals surface area contributed by atoms with E-state index in [4.69, 9.17) is 5.11 Å². The van der Waals surface area contributed by atoms with Gasteiger partial charge in [0.15, 0.2) is 17.4 Å². The topological polar surface area (TPSA) is 68.5 Å². The molecule has 0 atom stereocenters. The number of pyridine rings is 1. The molecule has 0 spiro atoms. The molecule has 0 unspecified atom stereocenters. The fourth-order valence-corrected chi connectivity index (χ4v) is 2.43. The minimum Gasteiger partial charge on any atom is -0.449 e. The maximum absolute atomic E-state index is 13.7. The summed E-state index contributed by atoms with van der Waals surface area (Å²) in [6.45, 7) is 1.28. The number of hydrogen-bond donors (Lipinski definition) is 1. The normalized spacial score (nSPS) is 14.4. The highest BCUT2D eigenvalue weighted by Gasteiger charge is 2.28. The van der Waals surface area contributed by atoms with Crippen LogP contribution in [0.1, 0.15) is 24.4 Å². The average molecular weight is 295 g/mol. The number of hydrogen-bond acceptors (Lipinski definition) is 3. The van der Waals surface area contributed by atoms with Crippen LogP contribution in [-0.4, -0.2) is 15.8 Å². The van der Waals surface area contributed by atoms with Gasteiger partial charge in [-0.3, -0.25) is 4.79 Å². The van der Waals surface area contributed by atoms with Crippen molar-refractivity contribution >= 4 is 17.1 Å². The minimum atomic E-state index is -1.63. The summed E-state index contributed by atoms with van der Waals surface area (Å²) >= 11 is 0. The molecule has 0 radical (unpaired) electrons. The smallest absolute Gasteiger partial charge is 0.449 e. The molecule has 2 aromatic rings. The SMILES string of the molecule is Cc1c(F)c(F)cc2c1c(=O)c(OC(=O)O)cn2C1CC1. The van der Waals surface area contributed by atoms with Crippen LogP contribution in [0.15, 0.2) is 17.1 Å². The second-order valence-electron chi connectivity index (χ2n) is 5.02. The van der Waals surface area contributed by atoms with Crippen LogP contribution < -0.4 is 10.2 Å². The van der Waals surface area contributed by atoms with Gasteiger partial charge in [0, 0.05) is 17.7 Å². The highest BCUT2D eigenvalue weighted by molar-refractivity contribution is 5.84. The van der Waals surface area contributed by atoms with Gasteiger partial charge in [-0.15, -0.1) is 0 Å². The van der Waals surface area contributed by atoms with Crippen molar-refractivity contribution in [1.82, 2.24) is 4.57 Å². The van der Waals surface area contributed by atoms with Gasteiger partial charge in [-0.2, -0.15) is 0 Å². The molecule has 0 bridgehead atoms. The van der Waals surface area contributed by atoms with E-state index in [-0.39, 0.29) is 22.5 Å². The van der Waals surface area contributed by atoms with Gasteiger partial charge in [-0.1, -0.05) is 0 Å². The highest BCUT2D eigenvalue weighted by atomic mass is 19.2. The number of benzene rings is 1. The van der Waals surface area contributed by atoms with Gasteiger partial charge >= 0.3 is 6.16 Å². The molecule has 1 aliphatic rings. The molecule has 1 aliphatic carbocycles. The number of carboxylic acid groups (broad SMARTS) is 1. The first kappa shape index (κ1) is 13.5. The lowest BCUT2D eigenvalue weighted by atomic mass is 10.1. The Labute approximate surface area is 117 Å². The van der Waals surface area contributed by atoms with Gasteiger partial charge in [0.25, 0.3) is 0 Å². The van der Waals surface area contributed by atoms with Crippen LogP contribution in [0.25, 0.3) is 10.9 Å². The van der Waals surface area contributed by atoms with Gasteiger partial charge in [0.05, 0.1) is 17.1 Å². The summed E-state index contributed by atoms with van der Waals surface area (Å²) in [6.07, 6.45) is 1.26. The molecule has 7 heteroatoms. The number of carbonyl (C=O) groups is 1. The third-order valence-corrected chi connectivity index (χ3v) is 3.56. The largest absolute Gasteiger partial charge is 0.511 e. The van der Waals surface area contributed by atoms with Crippen LogP contribution in [0, 0.1) is 18.6 Å². The molecule has 5 nitrogen and oxygen atoms in total. The standard InChI is InChI=1S/C14H11F2NO4/c1-6-11-9(4-8(15)12(6)16)17(7-2-3-7)5-10(13(11)18)21-14(19)20/h4-5,7H,2-3H2,1H3,(H,19,20). The zero-order valence-corrected chi connectivity index (χ0v) is 11.0. The summed E-state index contributed by atoms with van der Waals surface area (Å²) in [4.78, 5) is 22.9. The van der Waals surface area contributed by atoms with Crippen molar-refractivity contribution in [3.05, 3.63) is 39.7 Å². The van der Waals surface area contributed by atoms with Crippen LogP contribution >= 0.6 is 0 Å². The summed E-state index contributed by atoms with van der Waals surface area (Å²) in [5.74, 6) is -2.56. The average Bonchev–Trinajstić information content (AvgIpc) is 3.23. The molecular weight excluding hydrogens is 284 g/mol. The number of rotatable bonds is 2. The monoisotopic (exact) mass is 295 g/mol. The maximum Gasteiger partial charge on any atom is 0.511 e. The number of ether oxygens (including phenoxy) is 1. The lowest BCUT2D eigenvalue weighted by Crippen LogP contribution is -2.17. The van der Waals surface area contributed by atoms with E-state index in [1.807, 2.05) is 0 Å². The van der Waals surface area contributed by atoms with Crippen molar-refractivity contribution in [3.8, 4) is 5.75 Å². The fraction of sp³-hybridized carbons (Fsp3) is 0.286. The number of aromatic nitrogens is 1. The molecule has 1 aromatic heterocycles. The molecular formula is C14H11F2NO4. The van der Waals surface area contributed by atoms with Crippen LogP contribution in [0.4, 0.5) is 13.6 Å². The molecule has 0 amide bonds. The lowest BCUT2D eigenvalue weighted by Gasteiger charge is -2.14. The van der Waals surface area contributed by atoms with Crippen molar-refractivity contribution in [2.75, 3.05) is 0 Å². The van der Waals surface area contributed by atoms with Gasteiger partial charge in [0.2, 0.25) is 5.43 Å². The second kappa shape index (κ2) is 4.54. The molecule has 1 N–H and O–H groups in total. The van der Waals surface area contributed by atoms with Crippen molar-refractivity contribution in [3.63, 3.8) is 0 Å². The molecule has 1 heterocycles. The van der Waals surface area contributed by atoms with Crippen LogP contribution in [0.5, 0.6) is 5.75 Å². The van der Waals surface area contributed by atoms with E-state index < -0.39 is 29.0 Å². The van der Waals surface area contributed by atoms with E-state index in [9.17, 15) is 18.4 Å². The Bertz CT molecular complexity index is 824. The summed E-state index contributed by atoms with van der Waals surface area (Å²) in [5.41, 5.74) is -0.669.